The van der Waals surface area contributed by atoms with Crippen LogP contribution in [-0.2, 0) is 14.8 Å². The number of anilines is 1. The summed E-state index contributed by atoms with van der Waals surface area (Å²) in [6.07, 6.45) is 2.91. The number of hydrogen-bond donors (Lipinski definition) is 2. The van der Waals surface area contributed by atoms with Crippen LogP contribution in [0.25, 0.3) is 6.08 Å². The van der Waals surface area contributed by atoms with E-state index >= 15 is 0 Å². The van der Waals surface area contributed by atoms with E-state index < -0.39 is 10.0 Å². The summed E-state index contributed by atoms with van der Waals surface area (Å²) in [6, 6.07) is 10.5. The molecule has 0 unspecified atom stereocenters. The number of nitrogens with one attached hydrogen (secondary N) is 1. The first-order chi connectivity index (χ1) is 10.8. The molecule has 0 spiro atoms. The highest BCUT2D eigenvalue weighted by Gasteiger charge is 2.07. The Balaban J connectivity index is 2.04. The van der Waals surface area contributed by atoms with Crippen LogP contribution in [0.3, 0.4) is 0 Å². The van der Waals surface area contributed by atoms with Crippen molar-refractivity contribution in [3.8, 4) is 0 Å². The average Bonchev–Trinajstić information content (AvgIpc) is 2.48. The first kappa shape index (κ1) is 17.5. The van der Waals surface area contributed by atoms with Gasteiger partial charge >= 0.3 is 0 Å². The monoisotopic (exact) mass is 370 g/mol. The van der Waals surface area contributed by atoms with Crippen molar-refractivity contribution >= 4 is 50.9 Å². The number of hydrogen-bond acceptors (Lipinski definition) is 3. The highest BCUT2D eigenvalue weighted by molar-refractivity contribution is 7.89. The van der Waals surface area contributed by atoms with E-state index in [9.17, 15) is 13.2 Å². The normalized spacial score (nSPS) is 11.6. The lowest BCUT2D eigenvalue weighted by Crippen LogP contribution is -2.12. The first-order valence-corrected chi connectivity index (χ1v) is 8.63. The molecule has 0 aliphatic carbocycles. The molecule has 0 aliphatic heterocycles. The first-order valence-electron chi connectivity index (χ1n) is 6.33. The molecule has 0 heterocycles. The minimum absolute atomic E-state index is 0.0261. The molecule has 0 radical (unpaired) electrons. The molecule has 120 valence electrons. The van der Waals surface area contributed by atoms with Crippen LogP contribution in [0.4, 0.5) is 5.69 Å². The fraction of sp³-hybridized carbons (Fsp3) is 0. The lowest BCUT2D eigenvalue weighted by Gasteiger charge is -2.03. The highest BCUT2D eigenvalue weighted by atomic mass is 35.5. The Bertz CT molecular complexity index is 863. The Kier molecular flexibility index (Phi) is 5.43. The van der Waals surface area contributed by atoms with Gasteiger partial charge in [-0.05, 0) is 48.0 Å². The third-order valence-electron chi connectivity index (χ3n) is 2.82. The molecule has 2 rings (SSSR count). The number of sulfonamides is 1. The van der Waals surface area contributed by atoms with Crippen molar-refractivity contribution < 1.29 is 13.2 Å². The number of benzene rings is 2. The molecule has 0 fully saturated rings. The van der Waals surface area contributed by atoms with Crippen LogP contribution < -0.4 is 10.5 Å². The molecule has 0 aliphatic rings. The van der Waals surface area contributed by atoms with Gasteiger partial charge in [-0.2, -0.15) is 0 Å². The summed E-state index contributed by atoms with van der Waals surface area (Å²) in [6.45, 7) is 0. The van der Waals surface area contributed by atoms with Crippen LogP contribution in [0, 0.1) is 0 Å². The predicted octanol–water partition coefficient (Wildman–Crippen LogP) is 3.29. The fourth-order valence-corrected chi connectivity index (χ4v) is 2.52. The van der Waals surface area contributed by atoms with Gasteiger partial charge in [0.15, 0.2) is 0 Å². The van der Waals surface area contributed by atoms with Crippen LogP contribution in [0.15, 0.2) is 53.4 Å². The number of halogens is 2. The van der Waals surface area contributed by atoms with Gasteiger partial charge in [0.05, 0.1) is 14.9 Å². The molecule has 1 amide bonds. The quantitative estimate of drug-likeness (QED) is 0.809. The lowest BCUT2D eigenvalue weighted by molar-refractivity contribution is -0.111. The summed E-state index contributed by atoms with van der Waals surface area (Å²) >= 11 is 11.7. The van der Waals surface area contributed by atoms with Crippen molar-refractivity contribution in [2.75, 3.05) is 5.32 Å². The molecule has 0 bridgehead atoms. The Morgan fingerprint density at radius 1 is 1.04 bits per heavy atom. The van der Waals surface area contributed by atoms with E-state index in [1.165, 1.54) is 30.3 Å². The number of primary sulfonamides is 1. The largest absolute Gasteiger partial charge is 0.323 e. The molecule has 5 nitrogen and oxygen atoms in total. The third-order valence-corrected chi connectivity index (χ3v) is 4.49. The van der Waals surface area contributed by atoms with Crippen molar-refractivity contribution in [2.45, 2.75) is 4.90 Å². The third kappa shape index (κ3) is 5.07. The Labute approximate surface area is 143 Å². The maximum absolute atomic E-state index is 11.8. The zero-order valence-electron chi connectivity index (χ0n) is 11.7. The van der Waals surface area contributed by atoms with Gasteiger partial charge in [-0.1, -0.05) is 29.3 Å². The van der Waals surface area contributed by atoms with Gasteiger partial charge in [0.2, 0.25) is 15.9 Å². The van der Waals surface area contributed by atoms with Crippen molar-refractivity contribution in [3.05, 3.63) is 64.1 Å². The second-order valence-corrected chi connectivity index (χ2v) is 6.94. The molecule has 2 aromatic carbocycles. The zero-order valence-corrected chi connectivity index (χ0v) is 14.0. The topological polar surface area (TPSA) is 89.3 Å². The maximum atomic E-state index is 11.8. The molecular formula is C15H12Cl2N2O3S. The number of rotatable bonds is 4. The molecule has 3 N–H and O–H groups in total. The molecule has 0 saturated heterocycles. The van der Waals surface area contributed by atoms with Crippen molar-refractivity contribution in [1.29, 1.82) is 0 Å². The Morgan fingerprint density at radius 2 is 1.70 bits per heavy atom. The van der Waals surface area contributed by atoms with Gasteiger partial charge < -0.3 is 5.32 Å². The second kappa shape index (κ2) is 7.14. The fourth-order valence-electron chi connectivity index (χ4n) is 1.70. The highest BCUT2D eigenvalue weighted by Crippen LogP contribution is 2.23. The van der Waals surface area contributed by atoms with E-state index in [1.807, 2.05) is 0 Å². The van der Waals surface area contributed by atoms with E-state index in [-0.39, 0.29) is 10.8 Å². The molecule has 0 atom stereocenters. The molecular weight excluding hydrogens is 359 g/mol. The summed E-state index contributed by atoms with van der Waals surface area (Å²) in [5.41, 5.74) is 1.17. The second-order valence-electron chi connectivity index (χ2n) is 4.57. The number of carbonyl (C=O) groups excluding carboxylic acids is 1. The SMILES string of the molecule is NS(=O)(=O)c1ccc(NC(=O)C=Cc2ccc(Cl)c(Cl)c2)cc1. The zero-order chi connectivity index (χ0) is 17.0. The summed E-state index contributed by atoms with van der Waals surface area (Å²) in [7, 11) is -3.75. The van der Waals surface area contributed by atoms with Crippen LogP contribution in [0.1, 0.15) is 5.56 Å². The van der Waals surface area contributed by atoms with Crippen LogP contribution in [0.2, 0.25) is 10.0 Å². The minimum atomic E-state index is -3.75. The molecule has 23 heavy (non-hydrogen) atoms. The number of amides is 1. The maximum Gasteiger partial charge on any atom is 0.248 e. The minimum Gasteiger partial charge on any atom is -0.323 e. The predicted molar refractivity (Wildman–Crippen MR) is 91.9 cm³/mol. The lowest BCUT2D eigenvalue weighted by atomic mass is 10.2. The van der Waals surface area contributed by atoms with Crippen molar-refractivity contribution in [3.63, 3.8) is 0 Å². The summed E-state index contributed by atoms with van der Waals surface area (Å²) < 4.78 is 22.3. The van der Waals surface area contributed by atoms with Crippen molar-refractivity contribution in [1.82, 2.24) is 0 Å². The van der Waals surface area contributed by atoms with Crippen LogP contribution >= 0.6 is 23.2 Å². The molecule has 2 aromatic rings. The Morgan fingerprint density at radius 3 is 2.26 bits per heavy atom. The summed E-state index contributed by atoms with van der Waals surface area (Å²) in [5.74, 6) is -0.376. The average molecular weight is 371 g/mol. The van der Waals surface area contributed by atoms with E-state index in [4.69, 9.17) is 28.3 Å². The van der Waals surface area contributed by atoms with Gasteiger partial charge in [0, 0.05) is 11.8 Å². The van der Waals surface area contributed by atoms with Gasteiger partial charge in [-0.3, -0.25) is 4.79 Å². The van der Waals surface area contributed by atoms with E-state index in [0.717, 1.165) is 5.56 Å². The van der Waals surface area contributed by atoms with Gasteiger partial charge in [0.25, 0.3) is 0 Å². The van der Waals surface area contributed by atoms with Gasteiger partial charge in [-0.15, -0.1) is 0 Å². The van der Waals surface area contributed by atoms with E-state index in [1.54, 1.807) is 24.3 Å². The van der Waals surface area contributed by atoms with Crippen LogP contribution in [-0.4, -0.2) is 14.3 Å². The summed E-state index contributed by atoms with van der Waals surface area (Å²) in [5, 5.41) is 8.42. The van der Waals surface area contributed by atoms with Crippen LogP contribution in [0.5, 0.6) is 0 Å². The smallest absolute Gasteiger partial charge is 0.248 e. The van der Waals surface area contributed by atoms with E-state index in [0.29, 0.717) is 15.7 Å². The standard InChI is InChI=1S/C15H12Cl2N2O3S/c16-13-7-1-10(9-14(13)17)2-8-15(20)19-11-3-5-12(6-4-11)23(18,21)22/h1-9H,(H,19,20)(H2,18,21,22). The van der Waals surface area contributed by atoms with Gasteiger partial charge in [-0.25, -0.2) is 13.6 Å². The Hall–Kier alpha value is -1.86. The molecule has 8 heteroatoms. The number of carbonyl (C=O) groups is 1. The molecule has 0 saturated carbocycles. The molecule has 0 aromatic heterocycles. The van der Waals surface area contributed by atoms with Crippen molar-refractivity contribution in [2.24, 2.45) is 5.14 Å². The number of nitrogens with two attached hydrogens (primary N) is 1. The summed E-state index contributed by atoms with van der Waals surface area (Å²) in [4.78, 5) is 11.8. The van der Waals surface area contributed by atoms with E-state index in [2.05, 4.69) is 5.32 Å². The van der Waals surface area contributed by atoms with Gasteiger partial charge in [0.1, 0.15) is 0 Å².